The van der Waals surface area contributed by atoms with E-state index < -0.39 is 26.4 Å². The zero-order valence-electron chi connectivity index (χ0n) is 10.7. The molecule has 1 aromatic carbocycles. The molecule has 1 aliphatic carbocycles. The van der Waals surface area contributed by atoms with Crippen LogP contribution in [0.3, 0.4) is 0 Å². The Bertz CT molecular complexity index is 640. The van der Waals surface area contributed by atoms with Crippen LogP contribution in [-0.4, -0.2) is 36.0 Å². The fourth-order valence-corrected chi connectivity index (χ4v) is 3.68. The van der Waals surface area contributed by atoms with Gasteiger partial charge in [-0.05, 0) is 31.2 Å². The number of rotatable bonds is 6. The molecular formula is C11H14N2O5S2. The number of phenols is 1. The van der Waals surface area contributed by atoms with E-state index in [1.807, 2.05) is 6.26 Å². The topological polar surface area (TPSA) is 110 Å². The van der Waals surface area contributed by atoms with Gasteiger partial charge >= 0.3 is 5.69 Å². The lowest BCUT2D eigenvalue weighted by molar-refractivity contribution is -0.386. The molecule has 2 rings (SSSR count). The first kappa shape index (κ1) is 15.1. The molecule has 0 heterocycles. The van der Waals surface area contributed by atoms with E-state index in [1.54, 1.807) is 11.8 Å². The summed E-state index contributed by atoms with van der Waals surface area (Å²) < 4.78 is 26.6. The number of nitro groups is 1. The lowest BCUT2D eigenvalue weighted by Crippen LogP contribution is -2.31. The first-order valence-corrected chi connectivity index (χ1v) is 8.53. The van der Waals surface area contributed by atoms with E-state index in [9.17, 15) is 23.6 Å². The molecule has 20 heavy (non-hydrogen) atoms. The molecule has 9 heteroatoms. The molecule has 7 nitrogen and oxygen atoms in total. The van der Waals surface area contributed by atoms with Crippen molar-refractivity contribution in [1.29, 1.82) is 0 Å². The van der Waals surface area contributed by atoms with Crippen molar-refractivity contribution in [3.63, 3.8) is 0 Å². The summed E-state index contributed by atoms with van der Waals surface area (Å²) in [7, 11) is -3.82. The summed E-state index contributed by atoms with van der Waals surface area (Å²) in [6.45, 7) is 0.297. The van der Waals surface area contributed by atoms with E-state index in [0.29, 0.717) is 6.54 Å². The van der Waals surface area contributed by atoms with Gasteiger partial charge in [-0.2, -0.15) is 11.8 Å². The Kier molecular flexibility index (Phi) is 3.94. The van der Waals surface area contributed by atoms with Gasteiger partial charge in [-0.3, -0.25) is 10.1 Å². The molecule has 1 saturated carbocycles. The zero-order valence-corrected chi connectivity index (χ0v) is 12.3. The number of phenolic OH excluding ortho intramolecular Hbond substituents is 1. The van der Waals surface area contributed by atoms with Gasteiger partial charge < -0.3 is 5.11 Å². The number of nitro benzene ring substituents is 1. The molecule has 0 aliphatic heterocycles. The van der Waals surface area contributed by atoms with E-state index in [0.717, 1.165) is 31.0 Å². The molecule has 0 amide bonds. The fraction of sp³-hybridized carbons (Fsp3) is 0.455. The largest absolute Gasteiger partial charge is 0.502 e. The molecule has 0 unspecified atom stereocenters. The highest BCUT2D eigenvalue weighted by Gasteiger charge is 2.42. The SMILES string of the molecule is CSC1(CNS(=O)(=O)c2ccc(O)c([N+](=O)[O-])c2)CC1. The summed E-state index contributed by atoms with van der Waals surface area (Å²) >= 11 is 1.61. The van der Waals surface area contributed by atoms with Gasteiger partial charge in [0.2, 0.25) is 10.0 Å². The second kappa shape index (κ2) is 5.23. The Hall–Kier alpha value is -1.32. The number of benzene rings is 1. The van der Waals surface area contributed by atoms with E-state index in [2.05, 4.69) is 4.72 Å². The predicted octanol–water partition coefficient (Wildman–Crippen LogP) is 1.47. The maximum atomic E-state index is 12.1. The molecular weight excluding hydrogens is 304 g/mol. The zero-order chi connectivity index (χ0) is 15.0. The van der Waals surface area contributed by atoms with Crippen molar-refractivity contribution in [3.05, 3.63) is 28.3 Å². The van der Waals surface area contributed by atoms with Crippen LogP contribution in [0.2, 0.25) is 0 Å². The third-order valence-corrected chi connectivity index (χ3v) is 6.10. The van der Waals surface area contributed by atoms with Crippen molar-refractivity contribution >= 4 is 27.5 Å². The third-order valence-electron chi connectivity index (χ3n) is 3.28. The van der Waals surface area contributed by atoms with Gasteiger partial charge in [0, 0.05) is 17.4 Å². The summed E-state index contributed by atoms with van der Waals surface area (Å²) in [4.78, 5) is 9.66. The van der Waals surface area contributed by atoms with Crippen LogP contribution in [0.1, 0.15) is 12.8 Å². The highest BCUT2D eigenvalue weighted by Crippen LogP contribution is 2.46. The second-order valence-corrected chi connectivity index (χ2v) is 7.66. The summed E-state index contributed by atoms with van der Waals surface area (Å²) in [5.74, 6) is -0.559. The first-order valence-electron chi connectivity index (χ1n) is 5.82. The molecule has 0 bridgehead atoms. The highest BCUT2D eigenvalue weighted by molar-refractivity contribution is 8.00. The number of sulfonamides is 1. The normalized spacial score (nSPS) is 16.9. The summed E-state index contributed by atoms with van der Waals surface area (Å²) in [5.41, 5.74) is -0.626. The van der Waals surface area contributed by atoms with Crippen molar-refractivity contribution in [1.82, 2.24) is 4.72 Å². The number of thioether (sulfide) groups is 1. The van der Waals surface area contributed by atoms with Crippen LogP contribution >= 0.6 is 11.8 Å². The Morgan fingerprint density at radius 2 is 2.15 bits per heavy atom. The van der Waals surface area contributed by atoms with Crippen LogP contribution in [0.4, 0.5) is 5.69 Å². The van der Waals surface area contributed by atoms with Crippen LogP contribution in [-0.2, 0) is 10.0 Å². The quantitative estimate of drug-likeness (QED) is 0.607. The molecule has 0 radical (unpaired) electrons. The molecule has 0 spiro atoms. The molecule has 110 valence electrons. The smallest absolute Gasteiger partial charge is 0.312 e. The van der Waals surface area contributed by atoms with Gasteiger partial charge in [-0.25, -0.2) is 13.1 Å². The average molecular weight is 318 g/mol. The second-order valence-electron chi connectivity index (χ2n) is 4.62. The number of hydrogen-bond donors (Lipinski definition) is 2. The summed E-state index contributed by atoms with van der Waals surface area (Å²) in [5, 5.41) is 20.0. The Morgan fingerprint density at radius 1 is 1.50 bits per heavy atom. The summed E-state index contributed by atoms with van der Waals surface area (Å²) in [6, 6.07) is 3.01. The van der Waals surface area contributed by atoms with Crippen LogP contribution in [0.15, 0.2) is 23.1 Å². The molecule has 0 atom stereocenters. The van der Waals surface area contributed by atoms with Gasteiger partial charge in [-0.15, -0.1) is 0 Å². The average Bonchev–Trinajstić information content (AvgIpc) is 3.17. The monoisotopic (exact) mass is 318 g/mol. The lowest BCUT2D eigenvalue weighted by atomic mass is 10.3. The Labute approximate surface area is 120 Å². The van der Waals surface area contributed by atoms with Gasteiger partial charge in [0.1, 0.15) is 0 Å². The maximum absolute atomic E-state index is 12.1. The predicted molar refractivity (Wildman–Crippen MR) is 75.4 cm³/mol. The molecule has 1 aliphatic rings. The number of aromatic hydroxyl groups is 1. The van der Waals surface area contributed by atoms with Crippen LogP contribution in [0.25, 0.3) is 0 Å². The van der Waals surface area contributed by atoms with Gasteiger partial charge in [-0.1, -0.05) is 0 Å². The van der Waals surface area contributed by atoms with Gasteiger partial charge in [0.15, 0.2) is 5.75 Å². The van der Waals surface area contributed by atoms with E-state index in [1.165, 1.54) is 0 Å². The third kappa shape index (κ3) is 3.05. The number of nitrogens with one attached hydrogen (secondary N) is 1. The van der Waals surface area contributed by atoms with Crippen molar-refractivity contribution in [3.8, 4) is 5.75 Å². The molecule has 1 fully saturated rings. The minimum Gasteiger partial charge on any atom is -0.502 e. The van der Waals surface area contributed by atoms with Crippen molar-refractivity contribution in [2.45, 2.75) is 22.5 Å². The van der Waals surface area contributed by atoms with Crippen LogP contribution in [0, 0.1) is 10.1 Å². The standard InChI is InChI=1S/C11H14N2O5S2/c1-19-11(4-5-11)7-12-20(17,18)8-2-3-10(14)9(6-8)13(15)16/h2-3,6,12,14H,4-5,7H2,1H3. The van der Waals surface area contributed by atoms with Gasteiger partial charge in [0.05, 0.1) is 9.82 Å². The Morgan fingerprint density at radius 3 is 2.65 bits per heavy atom. The number of hydrogen-bond acceptors (Lipinski definition) is 6. The van der Waals surface area contributed by atoms with Crippen molar-refractivity contribution in [2.24, 2.45) is 0 Å². The number of nitrogens with zero attached hydrogens (tertiary/aromatic N) is 1. The minimum absolute atomic E-state index is 0.0457. The molecule has 1 aromatic rings. The van der Waals surface area contributed by atoms with Crippen molar-refractivity contribution < 1.29 is 18.4 Å². The minimum atomic E-state index is -3.82. The lowest BCUT2D eigenvalue weighted by Gasteiger charge is -2.13. The maximum Gasteiger partial charge on any atom is 0.312 e. The van der Waals surface area contributed by atoms with E-state index in [4.69, 9.17) is 0 Å². The van der Waals surface area contributed by atoms with Crippen LogP contribution < -0.4 is 4.72 Å². The van der Waals surface area contributed by atoms with Gasteiger partial charge in [0.25, 0.3) is 0 Å². The molecule has 0 saturated heterocycles. The first-order chi connectivity index (χ1) is 9.30. The van der Waals surface area contributed by atoms with Crippen LogP contribution in [0.5, 0.6) is 5.75 Å². The highest BCUT2D eigenvalue weighted by atomic mass is 32.2. The summed E-state index contributed by atoms with van der Waals surface area (Å²) in [6.07, 6.45) is 3.82. The van der Waals surface area contributed by atoms with Crippen molar-refractivity contribution in [2.75, 3.05) is 12.8 Å². The van der Waals surface area contributed by atoms with E-state index in [-0.39, 0.29) is 9.64 Å². The van der Waals surface area contributed by atoms with E-state index >= 15 is 0 Å². The fourth-order valence-electron chi connectivity index (χ4n) is 1.72. The Balaban J connectivity index is 2.21. The molecule has 0 aromatic heterocycles. The molecule has 2 N–H and O–H groups in total.